The molecule has 3 nitrogen and oxygen atoms in total. The first kappa shape index (κ1) is 16.2. The Labute approximate surface area is 117 Å². The molecule has 1 unspecified atom stereocenters. The summed E-state index contributed by atoms with van der Waals surface area (Å²) >= 11 is 0. The van der Waals surface area contributed by atoms with Gasteiger partial charge >= 0.3 is 0 Å². The largest absolute Gasteiger partial charge is 0.382 e. The van der Waals surface area contributed by atoms with Crippen molar-refractivity contribution in [3.63, 3.8) is 0 Å². The van der Waals surface area contributed by atoms with Gasteiger partial charge in [0.15, 0.2) is 0 Å². The fraction of sp³-hybridized carbons (Fsp3) is 0.625. The SMILES string of the molecule is CNC(COCCOC)c1cccc(CC(C)C)c1. The highest BCUT2D eigenvalue weighted by Crippen LogP contribution is 2.17. The molecule has 0 radical (unpaired) electrons. The standard InChI is InChI=1S/C16H27NO2/c1-13(2)10-14-6-5-7-15(11-14)16(17-3)12-19-9-8-18-4/h5-7,11,13,16-17H,8-10,12H2,1-4H3. The van der Waals surface area contributed by atoms with E-state index in [-0.39, 0.29) is 6.04 Å². The van der Waals surface area contributed by atoms with E-state index < -0.39 is 0 Å². The van der Waals surface area contributed by atoms with Gasteiger partial charge in [-0.05, 0) is 30.5 Å². The molecule has 19 heavy (non-hydrogen) atoms. The Hall–Kier alpha value is -0.900. The predicted octanol–water partition coefficient (Wildman–Crippen LogP) is 2.81. The molecule has 0 fully saturated rings. The zero-order chi connectivity index (χ0) is 14.1. The highest BCUT2D eigenvalue weighted by Gasteiger charge is 2.10. The van der Waals surface area contributed by atoms with E-state index in [9.17, 15) is 0 Å². The minimum Gasteiger partial charge on any atom is -0.382 e. The van der Waals surface area contributed by atoms with Gasteiger partial charge in [-0.3, -0.25) is 0 Å². The van der Waals surface area contributed by atoms with Crippen molar-refractivity contribution in [3.8, 4) is 0 Å². The molecule has 1 aromatic rings. The van der Waals surface area contributed by atoms with Crippen LogP contribution in [0.25, 0.3) is 0 Å². The summed E-state index contributed by atoms with van der Waals surface area (Å²) < 4.78 is 10.6. The molecular weight excluding hydrogens is 238 g/mol. The summed E-state index contributed by atoms with van der Waals surface area (Å²) in [6.45, 7) is 6.45. The number of hydrogen-bond donors (Lipinski definition) is 1. The van der Waals surface area contributed by atoms with Crippen LogP contribution in [-0.4, -0.2) is 34.0 Å². The summed E-state index contributed by atoms with van der Waals surface area (Å²) in [5, 5.41) is 3.31. The van der Waals surface area contributed by atoms with Gasteiger partial charge in [0.2, 0.25) is 0 Å². The van der Waals surface area contributed by atoms with E-state index in [0.29, 0.717) is 25.7 Å². The Morgan fingerprint density at radius 3 is 2.63 bits per heavy atom. The van der Waals surface area contributed by atoms with Gasteiger partial charge in [0, 0.05) is 7.11 Å². The fourth-order valence-electron chi connectivity index (χ4n) is 2.10. The van der Waals surface area contributed by atoms with Crippen LogP contribution in [0.5, 0.6) is 0 Å². The van der Waals surface area contributed by atoms with Crippen molar-refractivity contribution in [1.82, 2.24) is 5.32 Å². The van der Waals surface area contributed by atoms with Crippen LogP contribution in [0.1, 0.15) is 31.0 Å². The molecule has 1 N–H and O–H groups in total. The van der Waals surface area contributed by atoms with E-state index in [0.717, 1.165) is 6.42 Å². The quantitative estimate of drug-likeness (QED) is 0.696. The van der Waals surface area contributed by atoms with E-state index >= 15 is 0 Å². The Kier molecular flexibility index (Phi) is 7.72. The second kappa shape index (κ2) is 9.08. The van der Waals surface area contributed by atoms with Crippen molar-refractivity contribution in [2.75, 3.05) is 34.0 Å². The molecule has 0 saturated carbocycles. The van der Waals surface area contributed by atoms with Crippen LogP contribution in [0.3, 0.4) is 0 Å². The van der Waals surface area contributed by atoms with Gasteiger partial charge in [-0.25, -0.2) is 0 Å². The van der Waals surface area contributed by atoms with Crippen LogP contribution in [0.2, 0.25) is 0 Å². The second-order valence-corrected chi connectivity index (χ2v) is 5.25. The Morgan fingerprint density at radius 1 is 1.21 bits per heavy atom. The zero-order valence-electron chi connectivity index (χ0n) is 12.6. The van der Waals surface area contributed by atoms with Gasteiger partial charge in [0.1, 0.15) is 0 Å². The molecule has 1 aromatic carbocycles. The molecule has 0 aromatic heterocycles. The number of rotatable bonds is 9. The molecular formula is C16H27NO2. The summed E-state index contributed by atoms with van der Waals surface area (Å²) in [7, 11) is 3.66. The third kappa shape index (κ3) is 6.19. The number of ether oxygens (including phenoxy) is 2. The molecule has 0 aliphatic carbocycles. The molecule has 1 rings (SSSR count). The molecule has 0 spiro atoms. The van der Waals surface area contributed by atoms with Crippen molar-refractivity contribution < 1.29 is 9.47 Å². The molecule has 0 saturated heterocycles. The third-order valence-electron chi connectivity index (χ3n) is 3.06. The third-order valence-corrected chi connectivity index (χ3v) is 3.06. The molecule has 0 bridgehead atoms. The van der Waals surface area contributed by atoms with Gasteiger partial charge < -0.3 is 14.8 Å². The van der Waals surface area contributed by atoms with E-state index in [2.05, 4.69) is 43.4 Å². The maximum atomic E-state index is 5.61. The lowest BCUT2D eigenvalue weighted by Crippen LogP contribution is -2.22. The first-order chi connectivity index (χ1) is 9.17. The number of methoxy groups -OCH3 is 1. The van der Waals surface area contributed by atoms with Crippen molar-refractivity contribution in [3.05, 3.63) is 35.4 Å². The minimum absolute atomic E-state index is 0.240. The smallest absolute Gasteiger partial charge is 0.0701 e. The summed E-state index contributed by atoms with van der Waals surface area (Å²) in [5.74, 6) is 0.682. The highest BCUT2D eigenvalue weighted by atomic mass is 16.5. The van der Waals surface area contributed by atoms with Gasteiger partial charge in [0.05, 0.1) is 25.9 Å². The number of nitrogens with one attached hydrogen (secondary N) is 1. The van der Waals surface area contributed by atoms with Crippen LogP contribution in [0, 0.1) is 5.92 Å². The van der Waals surface area contributed by atoms with E-state index in [1.807, 2.05) is 7.05 Å². The molecule has 0 heterocycles. The van der Waals surface area contributed by atoms with Crippen LogP contribution in [0.15, 0.2) is 24.3 Å². The molecule has 0 amide bonds. The monoisotopic (exact) mass is 265 g/mol. The summed E-state index contributed by atoms with van der Waals surface area (Å²) in [5.41, 5.74) is 2.68. The van der Waals surface area contributed by atoms with Gasteiger partial charge in [-0.2, -0.15) is 0 Å². The predicted molar refractivity (Wildman–Crippen MR) is 79.5 cm³/mol. The summed E-state index contributed by atoms with van der Waals surface area (Å²) in [4.78, 5) is 0. The van der Waals surface area contributed by atoms with Crippen LogP contribution in [0.4, 0.5) is 0 Å². The van der Waals surface area contributed by atoms with E-state index in [1.165, 1.54) is 11.1 Å². The van der Waals surface area contributed by atoms with Gasteiger partial charge in [-0.15, -0.1) is 0 Å². The Morgan fingerprint density at radius 2 is 2.00 bits per heavy atom. The lowest BCUT2D eigenvalue weighted by molar-refractivity contribution is 0.0596. The second-order valence-electron chi connectivity index (χ2n) is 5.25. The van der Waals surface area contributed by atoms with Crippen molar-refractivity contribution in [1.29, 1.82) is 0 Å². The zero-order valence-corrected chi connectivity index (χ0v) is 12.6. The lowest BCUT2D eigenvalue weighted by Gasteiger charge is -2.18. The van der Waals surface area contributed by atoms with Gasteiger partial charge in [0.25, 0.3) is 0 Å². The van der Waals surface area contributed by atoms with Crippen LogP contribution < -0.4 is 5.32 Å². The lowest BCUT2D eigenvalue weighted by atomic mass is 9.98. The van der Waals surface area contributed by atoms with Crippen molar-refractivity contribution in [2.24, 2.45) is 5.92 Å². The van der Waals surface area contributed by atoms with Crippen LogP contribution in [-0.2, 0) is 15.9 Å². The molecule has 108 valence electrons. The molecule has 3 heteroatoms. The number of benzene rings is 1. The normalized spacial score (nSPS) is 12.9. The highest BCUT2D eigenvalue weighted by molar-refractivity contribution is 5.26. The maximum Gasteiger partial charge on any atom is 0.0701 e. The van der Waals surface area contributed by atoms with Gasteiger partial charge in [-0.1, -0.05) is 38.1 Å². The fourth-order valence-corrected chi connectivity index (χ4v) is 2.10. The topological polar surface area (TPSA) is 30.5 Å². The molecule has 0 aliphatic rings. The molecule has 0 aliphatic heterocycles. The Balaban J connectivity index is 2.59. The average molecular weight is 265 g/mol. The minimum atomic E-state index is 0.240. The molecule has 1 atom stereocenters. The maximum absolute atomic E-state index is 5.61. The first-order valence-electron chi connectivity index (χ1n) is 7.00. The van der Waals surface area contributed by atoms with Crippen molar-refractivity contribution in [2.45, 2.75) is 26.3 Å². The summed E-state index contributed by atoms with van der Waals surface area (Å²) in [6, 6.07) is 9.00. The first-order valence-corrected chi connectivity index (χ1v) is 7.00. The van der Waals surface area contributed by atoms with Crippen molar-refractivity contribution >= 4 is 0 Å². The van der Waals surface area contributed by atoms with E-state index in [4.69, 9.17) is 9.47 Å². The van der Waals surface area contributed by atoms with Crippen LogP contribution >= 0.6 is 0 Å². The number of hydrogen-bond acceptors (Lipinski definition) is 3. The Bertz CT molecular complexity index is 352. The number of likely N-dealkylation sites (N-methyl/N-ethyl adjacent to an activating group) is 1. The summed E-state index contributed by atoms with van der Waals surface area (Å²) in [6.07, 6.45) is 1.12. The average Bonchev–Trinajstić information content (AvgIpc) is 2.38. The van der Waals surface area contributed by atoms with E-state index in [1.54, 1.807) is 7.11 Å².